The van der Waals surface area contributed by atoms with E-state index in [0.717, 1.165) is 37.7 Å². The molecule has 1 saturated heterocycles. The summed E-state index contributed by atoms with van der Waals surface area (Å²) in [4.78, 5) is 25.5. The monoisotopic (exact) mass is 420 g/mol. The molecule has 1 fully saturated rings. The highest BCUT2D eigenvalue weighted by Crippen LogP contribution is 2.36. The highest BCUT2D eigenvalue weighted by Gasteiger charge is 2.34. The van der Waals surface area contributed by atoms with E-state index in [1.807, 2.05) is 12.1 Å². The molecule has 0 atom stereocenters. The number of amides is 2. The van der Waals surface area contributed by atoms with Gasteiger partial charge in [0.05, 0.1) is 12.1 Å². The van der Waals surface area contributed by atoms with Crippen molar-refractivity contribution >= 4 is 34.6 Å². The standard InChI is InChI=1S/C21H23F3N4O2/c1-14(29)26-16-6-9-19(18(12-16)21(22,23)24)25-13-20(30)27-15-4-7-17(8-5-15)28-10-2-3-11-28/h4-9,12,25H,2-3,10-11,13H2,1H3,(H,26,29)(H,27,30). The lowest BCUT2D eigenvalue weighted by atomic mass is 10.1. The lowest BCUT2D eigenvalue weighted by Crippen LogP contribution is -2.23. The van der Waals surface area contributed by atoms with Gasteiger partial charge in [-0.25, -0.2) is 0 Å². The zero-order valence-electron chi connectivity index (χ0n) is 16.5. The maximum absolute atomic E-state index is 13.3. The van der Waals surface area contributed by atoms with Gasteiger partial charge in [-0.1, -0.05) is 0 Å². The molecule has 0 aromatic heterocycles. The largest absolute Gasteiger partial charge is 0.418 e. The maximum Gasteiger partial charge on any atom is 0.418 e. The van der Waals surface area contributed by atoms with Crippen molar-refractivity contribution in [3.8, 4) is 0 Å². The minimum absolute atomic E-state index is 0.0305. The van der Waals surface area contributed by atoms with Gasteiger partial charge >= 0.3 is 6.18 Å². The molecule has 9 heteroatoms. The van der Waals surface area contributed by atoms with Crippen LogP contribution in [0.1, 0.15) is 25.3 Å². The quantitative estimate of drug-likeness (QED) is 0.651. The van der Waals surface area contributed by atoms with Crippen LogP contribution in [0.15, 0.2) is 42.5 Å². The van der Waals surface area contributed by atoms with Crippen LogP contribution in [0.4, 0.5) is 35.9 Å². The van der Waals surface area contributed by atoms with E-state index in [1.165, 1.54) is 19.1 Å². The molecule has 0 radical (unpaired) electrons. The SMILES string of the molecule is CC(=O)Nc1ccc(NCC(=O)Nc2ccc(N3CCCC3)cc2)c(C(F)(F)F)c1. The van der Waals surface area contributed by atoms with Gasteiger partial charge in [-0.2, -0.15) is 13.2 Å². The molecular weight excluding hydrogens is 397 g/mol. The van der Waals surface area contributed by atoms with Crippen LogP contribution in [0.2, 0.25) is 0 Å². The second-order valence-corrected chi connectivity index (χ2v) is 7.08. The van der Waals surface area contributed by atoms with Crippen molar-refractivity contribution < 1.29 is 22.8 Å². The summed E-state index contributed by atoms with van der Waals surface area (Å²) in [5, 5.41) is 7.51. The second-order valence-electron chi connectivity index (χ2n) is 7.08. The van der Waals surface area contributed by atoms with Gasteiger partial charge in [-0.3, -0.25) is 9.59 Å². The average Bonchev–Trinajstić information content (AvgIpc) is 3.21. The van der Waals surface area contributed by atoms with Crippen LogP contribution in [0, 0.1) is 0 Å². The lowest BCUT2D eigenvalue weighted by Gasteiger charge is -2.18. The first kappa shape index (κ1) is 21.5. The Balaban J connectivity index is 1.61. The van der Waals surface area contributed by atoms with Gasteiger partial charge in [0.15, 0.2) is 0 Å². The molecule has 3 N–H and O–H groups in total. The third kappa shape index (κ3) is 5.65. The van der Waals surface area contributed by atoms with Gasteiger partial charge in [-0.15, -0.1) is 0 Å². The number of anilines is 4. The molecule has 1 aliphatic heterocycles. The number of nitrogens with one attached hydrogen (secondary N) is 3. The Morgan fingerprint density at radius 2 is 1.60 bits per heavy atom. The van der Waals surface area contributed by atoms with E-state index < -0.39 is 23.6 Å². The normalized spacial score (nSPS) is 13.8. The molecule has 3 rings (SSSR count). The topological polar surface area (TPSA) is 73.5 Å². The molecule has 0 aliphatic carbocycles. The molecular formula is C21H23F3N4O2. The molecule has 0 spiro atoms. The van der Waals surface area contributed by atoms with E-state index in [4.69, 9.17) is 0 Å². The molecule has 6 nitrogen and oxygen atoms in total. The van der Waals surface area contributed by atoms with Crippen molar-refractivity contribution in [2.75, 3.05) is 40.5 Å². The van der Waals surface area contributed by atoms with E-state index in [2.05, 4.69) is 20.9 Å². The van der Waals surface area contributed by atoms with Crippen molar-refractivity contribution in [2.45, 2.75) is 25.9 Å². The second kappa shape index (κ2) is 9.06. The molecule has 0 saturated carbocycles. The summed E-state index contributed by atoms with van der Waals surface area (Å²) in [6.45, 7) is 2.90. The lowest BCUT2D eigenvalue weighted by molar-refractivity contribution is -0.137. The Kier molecular flexibility index (Phi) is 6.49. The number of halogens is 3. The Morgan fingerprint density at radius 3 is 2.20 bits per heavy atom. The maximum atomic E-state index is 13.3. The third-order valence-corrected chi connectivity index (χ3v) is 4.71. The number of hydrogen-bond acceptors (Lipinski definition) is 4. The van der Waals surface area contributed by atoms with Crippen LogP contribution in [0.3, 0.4) is 0 Å². The number of alkyl halides is 3. The summed E-state index contributed by atoms with van der Waals surface area (Å²) in [5.74, 6) is -0.943. The fourth-order valence-corrected chi connectivity index (χ4v) is 3.33. The van der Waals surface area contributed by atoms with Crippen molar-refractivity contribution in [3.63, 3.8) is 0 Å². The van der Waals surface area contributed by atoms with E-state index >= 15 is 0 Å². The fourth-order valence-electron chi connectivity index (χ4n) is 3.33. The van der Waals surface area contributed by atoms with Gasteiger partial charge < -0.3 is 20.9 Å². The Bertz CT molecular complexity index is 907. The first-order chi connectivity index (χ1) is 14.2. The predicted molar refractivity (Wildman–Crippen MR) is 111 cm³/mol. The summed E-state index contributed by atoms with van der Waals surface area (Å²) in [6, 6.07) is 10.7. The van der Waals surface area contributed by atoms with Gasteiger partial charge in [0.25, 0.3) is 0 Å². The summed E-state index contributed by atoms with van der Waals surface area (Å²) in [5.41, 5.74) is 0.482. The van der Waals surface area contributed by atoms with Gasteiger partial charge in [0, 0.05) is 42.8 Å². The number of benzene rings is 2. The van der Waals surface area contributed by atoms with E-state index in [0.29, 0.717) is 5.69 Å². The van der Waals surface area contributed by atoms with Crippen molar-refractivity contribution in [1.82, 2.24) is 0 Å². The highest BCUT2D eigenvalue weighted by atomic mass is 19.4. The van der Waals surface area contributed by atoms with Crippen LogP contribution < -0.4 is 20.9 Å². The smallest absolute Gasteiger partial charge is 0.376 e. The molecule has 2 aromatic carbocycles. The number of hydrogen-bond donors (Lipinski definition) is 3. The van der Waals surface area contributed by atoms with Crippen LogP contribution in [-0.2, 0) is 15.8 Å². The molecule has 2 amide bonds. The molecule has 160 valence electrons. The molecule has 2 aromatic rings. The Labute approximate surface area is 172 Å². The minimum atomic E-state index is -4.64. The predicted octanol–water partition coefficient (Wildman–Crippen LogP) is 4.31. The van der Waals surface area contributed by atoms with Gasteiger partial charge in [0.2, 0.25) is 11.8 Å². The van der Waals surface area contributed by atoms with Crippen molar-refractivity contribution in [2.24, 2.45) is 0 Å². The van der Waals surface area contributed by atoms with E-state index in [1.54, 1.807) is 12.1 Å². The molecule has 1 aliphatic rings. The molecule has 0 unspecified atom stereocenters. The van der Waals surface area contributed by atoms with Gasteiger partial charge in [0.1, 0.15) is 0 Å². The number of carbonyl (C=O) groups excluding carboxylic acids is 2. The van der Waals surface area contributed by atoms with Gasteiger partial charge in [-0.05, 0) is 55.3 Å². The average molecular weight is 420 g/mol. The summed E-state index contributed by atoms with van der Waals surface area (Å²) in [6.07, 6.45) is -2.32. The fraction of sp³-hybridized carbons (Fsp3) is 0.333. The highest BCUT2D eigenvalue weighted by molar-refractivity contribution is 5.94. The first-order valence-electron chi connectivity index (χ1n) is 9.60. The number of carbonyl (C=O) groups is 2. The van der Waals surface area contributed by atoms with Crippen LogP contribution >= 0.6 is 0 Å². The Morgan fingerprint density at radius 1 is 0.967 bits per heavy atom. The number of rotatable bonds is 6. The zero-order valence-corrected chi connectivity index (χ0v) is 16.5. The molecule has 30 heavy (non-hydrogen) atoms. The molecule has 1 heterocycles. The molecule has 0 bridgehead atoms. The summed E-state index contributed by atoms with van der Waals surface area (Å²) < 4.78 is 40.0. The van der Waals surface area contributed by atoms with E-state index in [9.17, 15) is 22.8 Å². The third-order valence-electron chi connectivity index (χ3n) is 4.71. The first-order valence-corrected chi connectivity index (χ1v) is 9.60. The summed E-state index contributed by atoms with van der Waals surface area (Å²) >= 11 is 0. The van der Waals surface area contributed by atoms with E-state index in [-0.39, 0.29) is 17.9 Å². The minimum Gasteiger partial charge on any atom is -0.376 e. The summed E-state index contributed by atoms with van der Waals surface area (Å²) in [7, 11) is 0. The van der Waals surface area contributed by atoms with Crippen molar-refractivity contribution in [1.29, 1.82) is 0 Å². The van der Waals surface area contributed by atoms with Crippen LogP contribution in [0.5, 0.6) is 0 Å². The number of nitrogens with zero attached hydrogens (tertiary/aromatic N) is 1. The van der Waals surface area contributed by atoms with Crippen molar-refractivity contribution in [3.05, 3.63) is 48.0 Å². The van der Waals surface area contributed by atoms with Crippen LogP contribution in [-0.4, -0.2) is 31.4 Å². The zero-order chi connectivity index (χ0) is 21.7. The van der Waals surface area contributed by atoms with Crippen LogP contribution in [0.25, 0.3) is 0 Å². The Hall–Kier alpha value is -3.23.